The summed E-state index contributed by atoms with van der Waals surface area (Å²) in [5.41, 5.74) is 6.87. The number of non-ortho nitro benzene ring substituents is 1. The zero-order chi connectivity index (χ0) is 15.7. The Labute approximate surface area is 134 Å². The van der Waals surface area contributed by atoms with Gasteiger partial charge in [-0.2, -0.15) is 0 Å². The molecule has 22 heavy (non-hydrogen) atoms. The van der Waals surface area contributed by atoms with E-state index in [0.29, 0.717) is 11.0 Å². The molecular weight excluding hydrogens is 320 g/mol. The lowest BCUT2D eigenvalue weighted by Gasteiger charge is -2.10. The lowest BCUT2D eigenvalue weighted by Crippen LogP contribution is -1.97. The van der Waals surface area contributed by atoms with E-state index in [0.717, 1.165) is 15.8 Å². The highest BCUT2D eigenvalue weighted by Gasteiger charge is 2.15. The minimum Gasteiger partial charge on any atom is -0.383 e. The zero-order valence-electron chi connectivity index (χ0n) is 11.6. The number of nitrogens with zero attached hydrogens (tertiary/aromatic N) is 3. The first-order valence-corrected chi connectivity index (χ1v) is 8.22. The number of anilines is 1. The van der Waals surface area contributed by atoms with Crippen molar-refractivity contribution in [3.8, 4) is 0 Å². The van der Waals surface area contributed by atoms with Crippen LogP contribution in [0.4, 0.5) is 11.5 Å². The molecule has 0 saturated carbocycles. The molecule has 1 atom stereocenters. The summed E-state index contributed by atoms with van der Waals surface area (Å²) in [6.07, 6.45) is 0. The van der Waals surface area contributed by atoms with Gasteiger partial charge >= 0.3 is 0 Å². The van der Waals surface area contributed by atoms with Crippen molar-refractivity contribution in [2.24, 2.45) is 0 Å². The molecule has 3 aromatic rings. The summed E-state index contributed by atoms with van der Waals surface area (Å²) in [7, 11) is 0. The third-order valence-electron chi connectivity index (χ3n) is 3.17. The zero-order valence-corrected chi connectivity index (χ0v) is 13.2. The molecule has 3 rings (SSSR count). The number of nitro benzene ring substituents is 1. The molecule has 2 aromatic heterocycles. The molecule has 0 bridgehead atoms. The van der Waals surface area contributed by atoms with E-state index < -0.39 is 4.92 Å². The summed E-state index contributed by atoms with van der Waals surface area (Å²) in [5, 5.41) is 14.2. The van der Waals surface area contributed by atoms with Gasteiger partial charge in [0.05, 0.1) is 10.3 Å². The molecule has 6 nitrogen and oxygen atoms in total. The highest BCUT2D eigenvalue weighted by molar-refractivity contribution is 7.99. The van der Waals surface area contributed by atoms with Crippen LogP contribution in [-0.2, 0) is 0 Å². The first-order chi connectivity index (χ1) is 10.5. The second-order valence-corrected chi connectivity index (χ2v) is 6.85. The van der Waals surface area contributed by atoms with Gasteiger partial charge in [0, 0.05) is 17.4 Å². The van der Waals surface area contributed by atoms with Gasteiger partial charge in [-0.15, -0.1) is 11.3 Å². The average molecular weight is 332 g/mol. The van der Waals surface area contributed by atoms with Gasteiger partial charge in [-0.1, -0.05) is 23.9 Å². The Bertz CT molecular complexity index is 850. The number of hydrogen-bond donors (Lipinski definition) is 1. The molecule has 8 heteroatoms. The summed E-state index contributed by atoms with van der Waals surface area (Å²) in [6.45, 7) is 1.96. The summed E-state index contributed by atoms with van der Waals surface area (Å²) in [6, 6.07) is 8.49. The molecule has 0 aliphatic rings. The van der Waals surface area contributed by atoms with E-state index in [2.05, 4.69) is 9.97 Å². The Kier molecular flexibility index (Phi) is 3.95. The monoisotopic (exact) mass is 332 g/mol. The highest BCUT2D eigenvalue weighted by Crippen LogP contribution is 2.36. The van der Waals surface area contributed by atoms with Crippen molar-refractivity contribution in [3.63, 3.8) is 0 Å². The third-order valence-corrected chi connectivity index (χ3v) is 4.99. The van der Waals surface area contributed by atoms with Crippen molar-refractivity contribution in [3.05, 3.63) is 51.4 Å². The second kappa shape index (κ2) is 5.90. The van der Waals surface area contributed by atoms with Gasteiger partial charge < -0.3 is 5.73 Å². The fraction of sp³-hybridized carbons (Fsp3) is 0.143. The van der Waals surface area contributed by atoms with Crippen LogP contribution < -0.4 is 5.73 Å². The first-order valence-electron chi connectivity index (χ1n) is 6.46. The second-order valence-electron chi connectivity index (χ2n) is 4.64. The molecule has 112 valence electrons. The molecule has 0 spiro atoms. The molecule has 2 heterocycles. The normalized spacial score (nSPS) is 12.4. The summed E-state index contributed by atoms with van der Waals surface area (Å²) >= 11 is 2.94. The van der Waals surface area contributed by atoms with Crippen molar-refractivity contribution in [1.29, 1.82) is 0 Å². The predicted octanol–water partition coefficient (Wildman–Crippen LogP) is 4.04. The van der Waals surface area contributed by atoms with Crippen molar-refractivity contribution in [1.82, 2.24) is 9.97 Å². The number of thiophene rings is 1. The fourth-order valence-corrected chi connectivity index (χ4v) is 3.75. The van der Waals surface area contributed by atoms with E-state index in [1.165, 1.54) is 29.2 Å². The van der Waals surface area contributed by atoms with E-state index in [9.17, 15) is 10.1 Å². The van der Waals surface area contributed by atoms with Gasteiger partial charge in [-0.25, -0.2) is 9.97 Å². The molecular formula is C14H12N4O2S2. The van der Waals surface area contributed by atoms with Crippen molar-refractivity contribution in [2.45, 2.75) is 17.3 Å². The van der Waals surface area contributed by atoms with Crippen molar-refractivity contribution < 1.29 is 4.92 Å². The van der Waals surface area contributed by atoms with E-state index in [1.54, 1.807) is 12.1 Å². The minimum atomic E-state index is -0.396. The molecule has 0 amide bonds. The molecule has 2 N–H and O–H groups in total. The molecule has 0 saturated heterocycles. The molecule has 0 aliphatic carbocycles. The maximum Gasteiger partial charge on any atom is 0.269 e. The van der Waals surface area contributed by atoms with Gasteiger partial charge in [0.25, 0.3) is 5.69 Å². The van der Waals surface area contributed by atoms with Crippen LogP contribution in [0.15, 0.2) is 40.9 Å². The minimum absolute atomic E-state index is 0.0169. The number of benzene rings is 1. The van der Waals surface area contributed by atoms with Crippen LogP contribution in [-0.4, -0.2) is 14.9 Å². The lowest BCUT2D eigenvalue weighted by molar-refractivity contribution is -0.384. The van der Waals surface area contributed by atoms with E-state index in [-0.39, 0.29) is 10.9 Å². The Balaban J connectivity index is 1.87. The molecule has 0 radical (unpaired) electrons. The SMILES string of the molecule is C[C@H](Sc1nc(N)c2ccsc2n1)c1cccc([N+](=O)[O-])c1. The fourth-order valence-electron chi connectivity index (χ4n) is 2.03. The largest absolute Gasteiger partial charge is 0.383 e. The van der Waals surface area contributed by atoms with Crippen LogP contribution >= 0.6 is 23.1 Å². The van der Waals surface area contributed by atoms with E-state index in [4.69, 9.17) is 5.73 Å². The van der Waals surface area contributed by atoms with Gasteiger partial charge in [0.15, 0.2) is 5.16 Å². The van der Waals surface area contributed by atoms with Gasteiger partial charge in [-0.3, -0.25) is 10.1 Å². The number of nitrogen functional groups attached to an aromatic ring is 1. The standard InChI is InChI=1S/C14H12N4O2S2/c1-8(9-3-2-4-10(7-9)18(19)20)22-14-16-12(15)11-5-6-21-13(11)17-14/h2-8H,1H3,(H2,15,16,17)/t8-/m0/s1. The number of nitrogens with two attached hydrogens (primary N) is 1. The van der Waals surface area contributed by atoms with Gasteiger partial charge in [0.1, 0.15) is 10.6 Å². The number of thioether (sulfide) groups is 1. The van der Waals surface area contributed by atoms with Crippen molar-refractivity contribution >= 4 is 44.8 Å². The summed E-state index contributed by atoms with van der Waals surface area (Å²) < 4.78 is 0. The summed E-state index contributed by atoms with van der Waals surface area (Å²) in [5.74, 6) is 0.458. The smallest absolute Gasteiger partial charge is 0.269 e. The number of aromatic nitrogens is 2. The third kappa shape index (κ3) is 2.88. The Morgan fingerprint density at radius 3 is 2.95 bits per heavy atom. The Hall–Kier alpha value is -2.19. The van der Waals surface area contributed by atoms with Crippen LogP contribution in [0.1, 0.15) is 17.7 Å². The van der Waals surface area contributed by atoms with Crippen LogP contribution in [0.25, 0.3) is 10.2 Å². The molecule has 0 unspecified atom stereocenters. The first kappa shape index (κ1) is 14.7. The van der Waals surface area contributed by atoms with Crippen molar-refractivity contribution in [2.75, 3.05) is 5.73 Å². The van der Waals surface area contributed by atoms with Gasteiger partial charge in [-0.05, 0) is 23.9 Å². The summed E-state index contributed by atoms with van der Waals surface area (Å²) in [4.78, 5) is 20.1. The quantitative estimate of drug-likeness (QED) is 0.335. The molecule has 1 aromatic carbocycles. The molecule has 0 fully saturated rings. The number of rotatable bonds is 4. The number of nitro groups is 1. The van der Waals surface area contributed by atoms with Gasteiger partial charge in [0.2, 0.25) is 0 Å². The van der Waals surface area contributed by atoms with E-state index >= 15 is 0 Å². The van der Waals surface area contributed by atoms with Crippen LogP contribution in [0, 0.1) is 10.1 Å². The highest BCUT2D eigenvalue weighted by atomic mass is 32.2. The number of fused-ring (bicyclic) bond motifs is 1. The lowest BCUT2D eigenvalue weighted by atomic mass is 10.1. The Morgan fingerprint density at radius 2 is 2.18 bits per heavy atom. The van der Waals surface area contributed by atoms with Crippen LogP contribution in [0.2, 0.25) is 0 Å². The molecule has 0 aliphatic heterocycles. The maximum atomic E-state index is 10.9. The van der Waals surface area contributed by atoms with E-state index in [1.807, 2.05) is 24.4 Å². The van der Waals surface area contributed by atoms with Crippen LogP contribution in [0.3, 0.4) is 0 Å². The average Bonchev–Trinajstić information content (AvgIpc) is 2.96. The topological polar surface area (TPSA) is 94.9 Å². The maximum absolute atomic E-state index is 10.9. The number of hydrogen-bond acceptors (Lipinski definition) is 7. The Morgan fingerprint density at radius 1 is 1.36 bits per heavy atom. The van der Waals surface area contributed by atoms with Crippen LogP contribution in [0.5, 0.6) is 0 Å². The predicted molar refractivity (Wildman–Crippen MR) is 89.2 cm³/mol.